The topological polar surface area (TPSA) is 48.0 Å². The average molecular weight is 446 g/mol. The summed E-state index contributed by atoms with van der Waals surface area (Å²) in [5, 5.41) is 0.238. The van der Waals surface area contributed by atoms with Crippen LogP contribution in [0.25, 0.3) is 5.57 Å². The van der Waals surface area contributed by atoms with E-state index in [9.17, 15) is 9.18 Å². The van der Waals surface area contributed by atoms with Gasteiger partial charge in [0, 0.05) is 25.6 Å². The number of hydrogen-bond donors (Lipinski definition) is 0. The highest BCUT2D eigenvalue weighted by atomic mass is 35.5. The van der Waals surface area contributed by atoms with Gasteiger partial charge in [0.05, 0.1) is 10.6 Å². The number of hydrogen-bond acceptors (Lipinski definition) is 4. The summed E-state index contributed by atoms with van der Waals surface area (Å²) < 4.78 is 31.3. The lowest BCUT2D eigenvalue weighted by atomic mass is 9.98. The zero-order valence-electron chi connectivity index (χ0n) is 18.0. The Morgan fingerprint density at radius 2 is 2.00 bits per heavy atom. The van der Waals surface area contributed by atoms with Crippen LogP contribution in [-0.4, -0.2) is 29.7 Å². The molecule has 1 unspecified atom stereocenters. The van der Waals surface area contributed by atoms with Crippen molar-refractivity contribution in [3.63, 3.8) is 0 Å². The van der Waals surface area contributed by atoms with E-state index in [0.29, 0.717) is 36.6 Å². The second-order valence-corrected chi connectivity index (χ2v) is 9.22. The third-order valence-electron chi connectivity index (χ3n) is 5.21. The fourth-order valence-corrected chi connectivity index (χ4v) is 4.09. The van der Waals surface area contributed by atoms with Gasteiger partial charge < -0.3 is 19.1 Å². The number of fused-ring (bicyclic) bond motifs is 1. The highest BCUT2D eigenvalue weighted by Gasteiger charge is 2.42. The molecular weight excluding hydrogens is 421 g/mol. The Morgan fingerprint density at radius 3 is 2.65 bits per heavy atom. The first-order chi connectivity index (χ1) is 14.6. The van der Waals surface area contributed by atoms with Crippen LogP contribution in [0.3, 0.4) is 0 Å². The molecule has 0 aliphatic carbocycles. The standard InChI is InChI=1S/C24H25ClFNO4/c1-23(2,3)31-22(28)27-12-10-15(11-13-27)17-6-5-7-20-21(17)30-24(4,29-20)18-9-8-16(26)14-19(18)25/h5-10,14H,11-13H2,1-4H3. The normalized spacial score (nSPS) is 20.5. The lowest BCUT2D eigenvalue weighted by Crippen LogP contribution is -2.39. The third-order valence-corrected chi connectivity index (χ3v) is 5.52. The molecule has 2 heterocycles. The molecule has 2 aliphatic rings. The van der Waals surface area contributed by atoms with Crippen molar-refractivity contribution in [2.45, 2.75) is 45.5 Å². The number of amides is 1. The lowest BCUT2D eigenvalue weighted by molar-refractivity contribution is -0.0680. The summed E-state index contributed by atoms with van der Waals surface area (Å²) in [6, 6.07) is 9.84. The molecule has 0 fully saturated rings. The van der Waals surface area contributed by atoms with Gasteiger partial charge in [0.1, 0.15) is 11.4 Å². The van der Waals surface area contributed by atoms with Crippen molar-refractivity contribution in [1.82, 2.24) is 4.90 Å². The van der Waals surface area contributed by atoms with Gasteiger partial charge in [0.25, 0.3) is 5.79 Å². The van der Waals surface area contributed by atoms with E-state index in [4.69, 9.17) is 25.8 Å². The third kappa shape index (κ3) is 4.35. The number of halogens is 2. The van der Waals surface area contributed by atoms with E-state index in [1.165, 1.54) is 12.1 Å². The number of benzene rings is 2. The van der Waals surface area contributed by atoms with Crippen molar-refractivity contribution in [2.24, 2.45) is 0 Å². The molecular formula is C24H25ClFNO4. The van der Waals surface area contributed by atoms with Gasteiger partial charge in [-0.05, 0) is 57.0 Å². The molecule has 2 aliphatic heterocycles. The van der Waals surface area contributed by atoms with Gasteiger partial charge >= 0.3 is 6.09 Å². The molecule has 1 amide bonds. The minimum absolute atomic E-state index is 0.238. The van der Waals surface area contributed by atoms with Crippen molar-refractivity contribution in [2.75, 3.05) is 13.1 Å². The number of carbonyl (C=O) groups is 1. The SMILES string of the molecule is CC(C)(C)OC(=O)N1CC=C(c2cccc3c2OC(C)(c2ccc(F)cc2Cl)O3)CC1. The van der Waals surface area contributed by atoms with Crippen LogP contribution in [0.1, 0.15) is 45.2 Å². The van der Waals surface area contributed by atoms with Crippen LogP contribution in [-0.2, 0) is 10.5 Å². The molecule has 0 aromatic heterocycles. The van der Waals surface area contributed by atoms with Crippen molar-refractivity contribution in [3.8, 4) is 11.5 Å². The zero-order valence-corrected chi connectivity index (χ0v) is 18.8. The number of carbonyl (C=O) groups excluding carboxylic acids is 1. The number of nitrogens with zero attached hydrogens (tertiary/aromatic N) is 1. The fourth-order valence-electron chi connectivity index (χ4n) is 3.75. The van der Waals surface area contributed by atoms with Gasteiger partial charge in [0.15, 0.2) is 11.5 Å². The summed E-state index contributed by atoms with van der Waals surface area (Å²) in [6.07, 6.45) is 2.35. The Hall–Kier alpha value is -2.73. The first-order valence-corrected chi connectivity index (χ1v) is 10.6. The highest BCUT2D eigenvalue weighted by molar-refractivity contribution is 6.31. The predicted molar refractivity (Wildman–Crippen MR) is 117 cm³/mol. The molecule has 0 saturated carbocycles. The first-order valence-electron chi connectivity index (χ1n) is 10.2. The van der Waals surface area contributed by atoms with Crippen molar-refractivity contribution >= 4 is 23.3 Å². The molecule has 0 saturated heterocycles. The average Bonchev–Trinajstić information content (AvgIpc) is 3.03. The Kier molecular flexibility index (Phi) is 5.38. The van der Waals surface area contributed by atoms with Crippen LogP contribution in [0.2, 0.25) is 5.02 Å². The summed E-state index contributed by atoms with van der Waals surface area (Å²) in [7, 11) is 0. The monoisotopic (exact) mass is 445 g/mol. The van der Waals surface area contributed by atoms with Crippen LogP contribution >= 0.6 is 11.6 Å². The molecule has 7 heteroatoms. The largest absolute Gasteiger partial charge is 0.444 e. The second kappa shape index (κ2) is 7.75. The molecule has 2 aromatic rings. The molecule has 1 atom stereocenters. The Balaban J connectivity index is 1.57. The van der Waals surface area contributed by atoms with Gasteiger partial charge in [-0.25, -0.2) is 9.18 Å². The second-order valence-electron chi connectivity index (χ2n) is 8.81. The number of ether oxygens (including phenoxy) is 3. The predicted octanol–water partition coefficient (Wildman–Crippen LogP) is 6.15. The first kappa shape index (κ1) is 21.5. The van der Waals surface area contributed by atoms with E-state index >= 15 is 0 Å². The molecule has 164 valence electrons. The maximum atomic E-state index is 13.5. The van der Waals surface area contributed by atoms with E-state index in [-0.39, 0.29) is 11.1 Å². The molecule has 31 heavy (non-hydrogen) atoms. The Morgan fingerprint density at radius 1 is 1.23 bits per heavy atom. The molecule has 0 spiro atoms. The van der Waals surface area contributed by atoms with Gasteiger partial charge in [-0.3, -0.25) is 0 Å². The van der Waals surface area contributed by atoms with Gasteiger partial charge in [0.2, 0.25) is 0 Å². The minimum Gasteiger partial charge on any atom is -0.444 e. The van der Waals surface area contributed by atoms with E-state index in [1.807, 2.05) is 45.0 Å². The molecule has 5 nitrogen and oxygen atoms in total. The number of rotatable bonds is 2. The Labute approximate surface area is 186 Å². The fraction of sp³-hybridized carbons (Fsp3) is 0.375. The van der Waals surface area contributed by atoms with Gasteiger partial charge in [-0.1, -0.05) is 29.8 Å². The van der Waals surface area contributed by atoms with Crippen molar-refractivity contribution in [3.05, 3.63) is 64.4 Å². The maximum absolute atomic E-state index is 13.5. The summed E-state index contributed by atoms with van der Waals surface area (Å²) in [6.45, 7) is 8.32. The molecule has 0 radical (unpaired) electrons. The maximum Gasteiger partial charge on any atom is 0.410 e. The van der Waals surface area contributed by atoms with Crippen LogP contribution in [0.15, 0.2) is 42.5 Å². The minimum atomic E-state index is -1.17. The zero-order chi connectivity index (χ0) is 22.4. The van der Waals surface area contributed by atoms with Crippen LogP contribution in [0.5, 0.6) is 11.5 Å². The number of para-hydroxylation sites is 1. The summed E-state index contributed by atoms with van der Waals surface area (Å²) in [4.78, 5) is 14.0. The quantitative estimate of drug-likeness (QED) is 0.556. The lowest BCUT2D eigenvalue weighted by Gasteiger charge is -2.30. The van der Waals surface area contributed by atoms with E-state index in [0.717, 1.165) is 11.1 Å². The molecule has 0 bridgehead atoms. The molecule has 0 N–H and O–H groups in total. The Bertz CT molecular complexity index is 1060. The van der Waals surface area contributed by atoms with Gasteiger partial charge in [-0.2, -0.15) is 0 Å². The van der Waals surface area contributed by atoms with Crippen molar-refractivity contribution in [1.29, 1.82) is 0 Å². The summed E-state index contributed by atoms with van der Waals surface area (Å²) in [5.41, 5.74) is 1.99. The van der Waals surface area contributed by atoms with E-state index in [1.54, 1.807) is 17.9 Å². The van der Waals surface area contributed by atoms with Crippen LogP contribution in [0.4, 0.5) is 9.18 Å². The van der Waals surface area contributed by atoms with Crippen LogP contribution in [0, 0.1) is 5.82 Å². The summed E-state index contributed by atoms with van der Waals surface area (Å²) >= 11 is 6.26. The van der Waals surface area contributed by atoms with Crippen molar-refractivity contribution < 1.29 is 23.4 Å². The molecule has 2 aromatic carbocycles. The van der Waals surface area contributed by atoms with E-state index in [2.05, 4.69) is 0 Å². The summed E-state index contributed by atoms with van der Waals surface area (Å²) in [5.74, 6) is -0.380. The van der Waals surface area contributed by atoms with Crippen LogP contribution < -0.4 is 9.47 Å². The van der Waals surface area contributed by atoms with E-state index < -0.39 is 17.2 Å². The van der Waals surface area contributed by atoms with Gasteiger partial charge in [-0.15, -0.1) is 0 Å². The smallest absolute Gasteiger partial charge is 0.410 e. The molecule has 4 rings (SSSR count). The highest BCUT2D eigenvalue weighted by Crippen LogP contribution is 2.49.